The van der Waals surface area contributed by atoms with Gasteiger partial charge in [-0.2, -0.15) is 5.10 Å². The van der Waals surface area contributed by atoms with E-state index >= 15 is 0 Å². The van der Waals surface area contributed by atoms with Crippen LogP contribution in [0.3, 0.4) is 0 Å². The second-order valence-electron chi connectivity index (χ2n) is 6.10. The minimum Gasteiger partial charge on any atom is -0.341 e. The fourth-order valence-corrected chi connectivity index (χ4v) is 2.89. The highest BCUT2D eigenvalue weighted by Crippen LogP contribution is 2.26. The molecule has 1 aliphatic rings. The smallest absolute Gasteiger partial charge is 0.244 e. The van der Waals surface area contributed by atoms with Crippen LogP contribution in [0, 0.1) is 12.7 Å². The van der Waals surface area contributed by atoms with Gasteiger partial charge >= 0.3 is 0 Å². The second kappa shape index (κ2) is 5.70. The van der Waals surface area contributed by atoms with Gasteiger partial charge in [-0.15, -0.1) is 0 Å². The summed E-state index contributed by atoms with van der Waals surface area (Å²) in [5, 5.41) is 4.26. The van der Waals surface area contributed by atoms with Gasteiger partial charge in [-0.1, -0.05) is 18.2 Å². The molecule has 1 saturated heterocycles. The molecule has 0 aliphatic carbocycles. The number of likely N-dealkylation sites (tertiary alicyclic amines) is 1. The van der Waals surface area contributed by atoms with Gasteiger partial charge in [0.2, 0.25) is 5.91 Å². The Balaban J connectivity index is 1.73. The molecular formula is C18H17FN4O. The summed E-state index contributed by atoms with van der Waals surface area (Å²) in [5.41, 5.74) is 3.22. The van der Waals surface area contributed by atoms with Crippen LogP contribution in [-0.2, 0) is 11.3 Å². The van der Waals surface area contributed by atoms with E-state index in [2.05, 4.69) is 10.1 Å². The zero-order valence-electron chi connectivity index (χ0n) is 13.4. The van der Waals surface area contributed by atoms with E-state index in [0.29, 0.717) is 22.2 Å². The van der Waals surface area contributed by atoms with E-state index in [4.69, 9.17) is 0 Å². The fraction of sp³-hybridized carbons (Fsp3) is 0.278. The first-order valence-corrected chi connectivity index (χ1v) is 7.98. The first kappa shape index (κ1) is 14.8. The summed E-state index contributed by atoms with van der Waals surface area (Å²) in [7, 11) is 0. The molecular weight excluding hydrogens is 307 g/mol. The Kier molecular flexibility index (Phi) is 3.52. The molecule has 122 valence electrons. The number of hydrogen-bond donors (Lipinski definition) is 0. The van der Waals surface area contributed by atoms with Crippen LogP contribution in [0.15, 0.2) is 36.7 Å². The topological polar surface area (TPSA) is 51.0 Å². The molecule has 0 spiro atoms. The van der Waals surface area contributed by atoms with E-state index in [9.17, 15) is 9.18 Å². The van der Waals surface area contributed by atoms with Gasteiger partial charge in [-0.3, -0.25) is 14.5 Å². The number of halogens is 1. The second-order valence-corrected chi connectivity index (χ2v) is 6.10. The van der Waals surface area contributed by atoms with Crippen molar-refractivity contribution in [1.29, 1.82) is 0 Å². The van der Waals surface area contributed by atoms with Crippen LogP contribution in [0.25, 0.3) is 22.2 Å². The van der Waals surface area contributed by atoms with Gasteiger partial charge in [-0.05, 0) is 25.0 Å². The molecule has 0 saturated carbocycles. The number of rotatable bonds is 3. The molecule has 4 rings (SSSR count). The number of pyridine rings is 1. The predicted molar refractivity (Wildman–Crippen MR) is 88.9 cm³/mol. The quantitative estimate of drug-likeness (QED) is 0.744. The molecule has 0 bridgehead atoms. The van der Waals surface area contributed by atoms with E-state index in [0.717, 1.165) is 25.0 Å². The third-order valence-electron chi connectivity index (χ3n) is 4.49. The average molecular weight is 324 g/mol. The van der Waals surface area contributed by atoms with Crippen LogP contribution < -0.4 is 0 Å². The highest BCUT2D eigenvalue weighted by Gasteiger charge is 2.21. The maximum absolute atomic E-state index is 14.4. The standard InChI is InChI=1S/C18H17FN4O/c1-12-4-2-5-14(18(12)19)13-8-16-15(20-9-13)10-21-23(16)11-17(24)22-6-3-7-22/h2,4-5,8-10H,3,6-7,11H2,1H3. The zero-order chi connectivity index (χ0) is 16.7. The van der Waals surface area contributed by atoms with Gasteiger partial charge in [0, 0.05) is 30.4 Å². The lowest BCUT2D eigenvalue weighted by molar-refractivity contribution is -0.135. The number of nitrogens with zero attached hydrogens (tertiary/aromatic N) is 4. The summed E-state index contributed by atoms with van der Waals surface area (Å²) in [4.78, 5) is 18.3. The number of benzene rings is 1. The molecule has 3 aromatic rings. The highest BCUT2D eigenvalue weighted by molar-refractivity contribution is 5.83. The van der Waals surface area contributed by atoms with E-state index in [1.165, 1.54) is 0 Å². The van der Waals surface area contributed by atoms with Crippen molar-refractivity contribution in [2.45, 2.75) is 19.9 Å². The third-order valence-corrected chi connectivity index (χ3v) is 4.49. The van der Waals surface area contributed by atoms with E-state index < -0.39 is 0 Å². The van der Waals surface area contributed by atoms with Crippen molar-refractivity contribution in [2.24, 2.45) is 0 Å². The van der Waals surface area contributed by atoms with Crippen LogP contribution in [0.1, 0.15) is 12.0 Å². The Hall–Kier alpha value is -2.76. The first-order chi connectivity index (χ1) is 11.6. The predicted octanol–water partition coefficient (Wildman–Crippen LogP) is 2.78. The van der Waals surface area contributed by atoms with Crippen molar-refractivity contribution in [3.63, 3.8) is 0 Å². The molecule has 6 heteroatoms. The summed E-state index contributed by atoms with van der Waals surface area (Å²) in [5.74, 6) is -0.195. The van der Waals surface area contributed by atoms with Gasteiger partial charge in [0.25, 0.3) is 0 Å². The minimum atomic E-state index is -0.249. The summed E-state index contributed by atoms with van der Waals surface area (Å²) in [6.45, 7) is 3.55. The minimum absolute atomic E-state index is 0.0541. The first-order valence-electron chi connectivity index (χ1n) is 7.98. The van der Waals surface area contributed by atoms with Gasteiger partial charge in [0.15, 0.2) is 0 Å². The number of hydrogen-bond acceptors (Lipinski definition) is 3. The molecule has 5 nitrogen and oxygen atoms in total. The van der Waals surface area contributed by atoms with Crippen molar-refractivity contribution < 1.29 is 9.18 Å². The lowest BCUT2D eigenvalue weighted by atomic mass is 10.0. The summed E-state index contributed by atoms with van der Waals surface area (Å²) in [6.07, 6.45) is 4.34. The Morgan fingerprint density at radius 2 is 2.12 bits per heavy atom. The number of carbonyl (C=O) groups is 1. The van der Waals surface area contributed by atoms with Crippen molar-refractivity contribution in [3.8, 4) is 11.1 Å². The normalized spacial score (nSPS) is 14.0. The largest absolute Gasteiger partial charge is 0.341 e. The van der Waals surface area contributed by atoms with Crippen LogP contribution >= 0.6 is 0 Å². The van der Waals surface area contributed by atoms with Gasteiger partial charge in [0.05, 0.1) is 11.7 Å². The average Bonchev–Trinajstić information content (AvgIpc) is 2.90. The number of aryl methyl sites for hydroxylation is 1. The molecule has 3 heterocycles. The molecule has 0 radical (unpaired) electrons. The SMILES string of the molecule is Cc1cccc(-c2cnc3cnn(CC(=O)N4CCC4)c3c2)c1F. The number of carbonyl (C=O) groups excluding carboxylic acids is 1. The van der Waals surface area contributed by atoms with Crippen LogP contribution in [0.4, 0.5) is 4.39 Å². The lowest BCUT2D eigenvalue weighted by Crippen LogP contribution is -2.43. The highest BCUT2D eigenvalue weighted by atomic mass is 19.1. The van der Waals surface area contributed by atoms with Crippen molar-refractivity contribution in [2.75, 3.05) is 13.1 Å². The Bertz CT molecular complexity index is 930. The summed E-state index contributed by atoms with van der Waals surface area (Å²) in [6, 6.07) is 7.14. The third kappa shape index (κ3) is 2.44. The van der Waals surface area contributed by atoms with Crippen molar-refractivity contribution in [3.05, 3.63) is 48.0 Å². The fourth-order valence-electron chi connectivity index (χ4n) is 2.89. The summed E-state index contributed by atoms with van der Waals surface area (Å²) < 4.78 is 16.0. The maximum atomic E-state index is 14.4. The number of fused-ring (bicyclic) bond motifs is 1. The molecule has 1 aliphatic heterocycles. The Morgan fingerprint density at radius 1 is 1.29 bits per heavy atom. The van der Waals surface area contributed by atoms with E-state index in [1.807, 2.05) is 17.0 Å². The van der Waals surface area contributed by atoms with Gasteiger partial charge < -0.3 is 4.90 Å². The molecule has 24 heavy (non-hydrogen) atoms. The molecule has 1 fully saturated rings. The van der Waals surface area contributed by atoms with E-state index in [1.54, 1.807) is 36.1 Å². The van der Waals surface area contributed by atoms with Crippen LogP contribution in [-0.4, -0.2) is 38.7 Å². The maximum Gasteiger partial charge on any atom is 0.244 e. The molecule has 0 atom stereocenters. The number of amides is 1. The van der Waals surface area contributed by atoms with Gasteiger partial charge in [-0.25, -0.2) is 4.39 Å². The van der Waals surface area contributed by atoms with Crippen LogP contribution in [0.2, 0.25) is 0 Å². The molecule has 0 N–H and O–H groups in total. The lowest BCUT2D eigenvalue weighted by Gasteiger charge is -2.30. The number of aromatic nitrogens is 3. The van der Waals surface area contributed by atoms with Crippen molar-refractivity contribution in [1.82, 2.24) is 19.7 Å². The molecule has 1 amide bonds. The van der Waals surface area contributed by atoms with E-state index in [-0.39, 0.29) is 18.3 Å². The molecule has 0 unspecified atom stereocenters. The summed E-state index contributed by atoms with van der Waals surface area (Å²) >= 11 is 0. The van der Waals surface area contributed by atoms with Crippen molar-refractivity contribution >= 4 is 16.9 Å². The van der Waals surface area contributed by atoms with Crippen LogP contribution in [0.5, 0.6) is 0 Å². The molecule has 1 aromatic carbocycles. The van der Waals surface area contributed by atoms with Gasteiger partial charge in [0.1, 0.15) is 17.9 Å². The monoisotopic (exact) mass is 324 g/mol. The molecule has 2 aromatic heterocycles. The zero-order valence-corrected chi connectivity index (χ0v) is 13.4. The Labute approximate surface area is 138 Å². The Morgan fingerprint density at radius 3 is 2.88 bits per heavy atom.